The maximum atomic E-state index is 12.7. The number of nitrogens with zero attached hydrogens (tertiary/aromatic N) is 3. The molecule has 1 aliphatic carbocycles. The summed E-state index contributed by atoms with van der Waals surface area (Å²) in [4.78, 5) is 14.3. The molecule has 0 aliphatic heterocycles. The van der Waals surface area contributed by atoms with Crippen LogP contribution >= 0.6 is 11.3 Å². The summed E-state index contributed by atoms with van der Waals surface area (Å²) in [5.41, 5.74) is 0.939. The van der Waals surface area contributed by atoms with Gasteiger partial charge >= 0.3 is 6.18 Å². The van der Waals surface area contributed by atoms with E-state index in [4.69, 9.17) is 9.47 Å². The number of halogens is 3. The highest BCUT2D eigenvalue weighted by molar-refractivity contribution is 7.13. The van der Waals surface area contributed by atoms with E-state index >= 15 is 0 Å². The van der Waals surface area contributed by atoms with Crippen molar-refractivity contribution in [2.75, 3.05) is 26.9 Å². The molecule has 2 rings (SSSR count). The normalized spacial score (nSPS) is 19.5. The third-order valence-electron chi connectivity index (χ3n) is 4.15. The van der Waals surface area contributed by atoms with E-state index in [1.807, 2.05) is 0 Å². The van der Waals surface area contributed by atoms with Crippen LogP contribution in [0.25, 0.3) is 0 Å². The molecule has 0 bridgehead atoms. The number of ether oxygens (including phenoxy) is 2. The van der Waals surface area contributed by atoms with Crippen LogP contribution in [0.2, 0.25) is 0 Å². The molecular formula is C17H24F3N3O3S. The Kier molecular flexibility index (Phi) is 6.85. The van der Waals surface area contributed by atoms with Gasteiger partial charge in [0.25, 0.3) is 11.1 Å². The van der Waals surface area contributed by atoms with Crippen LogP contribution in [-0.4, -0.2) is 47.9 Å². The maximum absolute atomic E-state index is 12.7. The van der Waals surface area contributed by atoms with Crippen LogP contribution in [0.15, 0.2) is 11.8 Å². The third-order valence-corrected chi connectivity index (χ3v) is 5.03. The van der Waals surface area contributed by atoms with Crippen LogP contribution in [0.5, 0.6) is 5.19 Å². The standard InChI is InChI=1S/C17H24F3N3O3S/c1-11-7-12(9-16(2,3)8-11)23(5-6-25-4)13(24)10-26-15-22-21-14(27-15)17(18,19)20/h7,11H,5-6,8-10H2,1-4H3. The second-order valence-corrected chi connectivity index (χ2v) is 8.32. The topological polar surface area (TPSA) is 64.5 Å². The van der Waals surface area contributed by atoms with Crippen molar-refractivity contribution in [1.29, 1.82) is 0 Å². The van der Waals surface area contributed by atoms with Gasteiger partial charge in [-0.05, 0) is 24.2 Å². The summed E-state index contributed by atoms with van der Waals surface area (Å²) in [6.45, 7) is 6.66. The van der Waals surface area contributed by atoms with Gasteiger partial charge in [0, 0.05) is 19.4 Å². The minimum atomic E-state index is -4.58. The minimum Gasteiger partial charge on any atom is -0.459 e. The number of alkyl halides is 3. The monoisotopic (exact) mass is 407 g/mol. The van der Waals surface area contributed by atoms with Crippen molar-refractivity contribution in [3.8, 4) is 5.19 Å². The number of hydrogen-bond acceptors (Lipinski definition) is 6. The summed E-state index contributed by atoms with van der Waals surface area (Å²) in [6, 6.07) is 0. The highest BCUT2D eigenvalue weighted by atomic mass is 32.1. The number of hydrogen-bond donors (Lipinski definition) is 0. The molecule has 0 aromatic carbocycles. The summed E-state index contributed by atoms with van der Waals surface area (Å²) < 4.78 is 48.0. The van der Waals surface area contributed by atoms with E-state index in [0.29, 0.717) is 19.1 Å². The molecule has 1 aromatic rings. The molecular weight excluding hydrogens is 383 g/mol. The quantitative estimate of drug-likeness (QED) is 0.689. The van der Waals surface area contributed by atoms with Crippen molar-refractivity contribution in [3.05, 3.63) is 16.8 Å². The number of aromatic nitrogens is 2. The molecule has 1 heterocycles. The van der Waals surface area contributed by atoms with E-state index in [-0.39, 0.29) is 27.9 Å². The molecule has 0 spiro atoms. The van der Waals surface area contributed by atoms with Crippen LogP contribution in [0.3, 0.4) is 0 Å². The van der Waals surface area contributed by atoms with Gasteiger partial charge in [-0.15, -0.1) is 5.10 Å². The molecule has 0 saturated heterocycles. The van der Waals surface area contributed by atoms with E-state index in [1.165, 1.54) is 0 Å². The van der Waals surface area contributed by atoms with Crippen molar-refractivity contribution in [1.82, 2.24) is 15.1 Å². The van der Waals surface area contributed by atoms with Gasteiger partial charge in [-0.3, -0.25) is 4.79 Å². The molecule has 0 N–H and O–H groups in total. The first-order chi connectivity index (χ1) is 12.5. The molecule has 27 heavy (non-hydrogen) atoms. The molecule has 6 nitrogen and oxygen atoms in total. The summed E-state index contributed by atoms with van der Waals surface area (Å²) >= 11 is 0.268. The molecule has 1 amide bonds. The number of amides is 1. The van der Waals surface area contributed by atoms with E-state index < -0.39 is 17.8 Å². The molecule has 0 saturated carbocycles. The third kappa shape index (κ3) is 6.17. The van der Waals surface area contributed by atoms with E-state index in [2.05, 4.69) is 37.0 Å². The second-order valence-electron chi connectivity index (χ2n) is 7.38. The Morgan fingerprint density at radius 3 is 2.67 bits per heavy atom. The van der Waals surface area contributed by atoms with Gasteiger partial charge in [-0.1, -0.05) is 43.3 Å². The first kappa shape index (κ1) is 21.6. The van der Waals surface area contributed by atoms with Crippen molar-refractivity contribution in [2.45, 2.75) is 39.8 Å². The van der Waals surface area contributed by atoms with Crippen molar-refractivity contribution in [3.63, 3.8) is 0 Å². The van der Waals surface area contributed by atoms with Gasteiger partial charge in [0.05, 0.1) is 6.61 Å². The smallest absolute Gasteiger partial charge is 0.445 e. The first-order valence-electron chi connectivity index (χ1n) is 8.55. The zero-order chi connectivity index (χ0) is 20.2. The molecule has 0 fully saturated rings. The maximum Gasteiger partial charge on any atom is 0.445 e. The van der Waals surface area contributed by atoms with Gasteiger partial charge < -0.3 is 14.4 Å². The fourth-order valence-electron chi connectivity index (χ4n) is 3.26. The summed E-state index contributed by atoms with van der Waals surface area (Å²) in [5, 5.41) is 4.99. The van der Waals surface area contributed by atoms with Crippen LogP contribution < -0.4 is 4.74 Å². The molecule has 1 atom stereocenters. The highest BCUT2D eigenvalue weighted by Crippen LogP contribution is 2.39. The zero-order valence-corrected chi connectivity index (χ0v) is 16.6. The molecule has 1 aromatic heterocycles. The van der Waals surface area contributed by atoms with Crippen molar-refractivity contribution in [2.24, 2.45) is 11.3 Å². The van der Waals surface area contributed by atoms with Crippen LogP contribution in [-0.2, 0) is 15.7 Å². The summed E-state index contributed by atoms with van der Waals surface area (Å²) in [6.07, 6.45) is -0.776. The number of methoxy groups -OCH3 is 1. The second kappa shape index (κ2) is 8.55. The lowest BCUT2D eigenvalue weighted by Gasteiger charge is -2.37. The molecule has 152 valence electrons. The molecule has 10 heteroatoms. The Morgan fingerprint density at radius 1 is 1.41 bits per heavy atom. The molecule has 1 unspecified atom stereocenters. The predicted molar refractivity (Wildman–Crippen MR) is 94.3 cm³/mol. The number of carbonyl (C=O) groups excluding carboxylic acids is 1. The van der Waals surface area contributed by atoms with E-state index in [9.17, 15) is 18.0 Å². The van der Waals surface area contributed by atoms with Crippen molar-refractivity contribution < 1.29 is 27.4 Å². The van der Waals surface area contributed by atoms with Gasteiger partial charge in [-0.2, -0.15) is 13.2 Å². The van der Waals surface area contributed by atoms with Gasteiger partial charge in [0.2, 0.25) is 5.01 Å². The average Bonchev–Trinajstić information content (AvgIpc) is 3.00. The highest BCUT2D eigenvalue weighted by Gasteiger charge is 2.36. The van der Waals surface area contributed by atoms with Gasteiger partial charge in [0.15, 0.2) is 6.61 Å². The lowest BCUT2D eigenvalue weighted by Crippen LogP contribution is -2.39. The molecule has 1 aliphatic rings. The number of carbonyl (C=O) groups is 1. The lowest BCUT2D eigenvalue weighted by molar-refractivity contribution is -0.138. The lowest BCUT2D eigenvalue weighted by atomic mass is 9.75. The van der Waals surface area contributed by atoms with E-state index in [1.54, 1.807) is 12.0 Å². The summed E-state index contributed by atoms with van der Waals surface area (Å²) in [7, 11) is 1.54. The Labute approximate surface area is 160 Å². The number of allylic oxidation sites excluding steroid dienone is 2. The Hall–Kier alpha value is -1.68. The Bertz CT molecular complexity index is 688. The minimum absolute atomic E-state index is 0.0524. The van der Waals surface area contributed by atoms with E-state index in [0.717, 1.165) is 18.5 Å². The van der Waals surface area contributed by atoms with Crippen molar-refractivity contribution >= 4 is 17.2 Å². The van der Waals surface area contributed by atoms with Crippen LogP contribution in [0.1, 0.15) is 38.6 Å². The summed E-state index contributed by atoms with van der Waals surface area (Å²) in [5.74, 6) is -0.0352. The average molecular weight is 407 g/mol. The SMILES string of the molecule is COCCN(C(=O)COc1nnc(C(F)(F)F)s1)C1=CC(C)CC(C)(C)C1. The van der Waals surface area contributed by atoms with Gasteiger partial charge in [0.1, 0.15) is 0 Å². The fourth-order valence-corrected chi connectivity index (χ4v) is 3.82. The van der Waals surface area contributed by atoms with Crippen LogP contribution in [0, 0.1) is 11.3 Å². The molecule has 0 radical (unpaired) electrons. The Balaban J connectivity index is 2.07. The largest absolute Gasteiger partial charge is 0.459 e. The predicted octanol–water partition coefficient (Wildman–Crippen LogP) is 3.75. The van der Waals surface area contributed by atoms with Gasteiger partial charge in [-0.25, -0.2) is 0 Å². The fraction of sp³-hybridized carbons (Fsp3) is 0.706. The van der Waals surface area contributed by atoms with Crippen LogP contribution in [0.4, 0.5) is 13.2 Å². The zero-order valence-electron chi connectivity index (χ0n) is 15.8. The number of rotatable bonds is 7. The Morgan fingerprint density at radius 2 is 2.11 bits per heavy atom. The first-order valence-corrected chi connectivity index (χ1v) is 9.37.